The second kappa shape index (κ2) is 5.34. The number of benzene rings is 2. The molecule has 2 aromatic rings. The van der Waals surface area contributed by atoms with Crippen LogP contribution in [0.15, 0.2) is 47.6 Å². The predicted octanol–water partition coefficient (Wildman–Crippen LogP) is 1.30. The van der Waals surface area contributed by atoms with Gasteiger partial charge in [0.05, 0.1) is 22.3 Å². The van der Waals surface area contributed by atoms with Crippen LogP contribution in [0.2, 0.25) is 0 Å². The van der Waals surface area contributed by atoms with E-state index in [1.807, 2.05) is 0 Å². The van der Waals surface area contributed by atoms with Crippen LogP contribution in [0.5, 0.6) is 5.75 Å². The predicted molar refractivity (Wildman–Crippen MR) is 77.1 cm³/mol. The van der Waals surface area contributed by atoms with Crippen molar-refractivity contribution in [1.29, 1.82) is 0 Å². The quantitative estimate of drug-likeness (QED) is 0.366. The molecule has 0 unspecified atom stereocenters. The van der Waals surface area contributed by atoms with Crippen molar-refractivity contribution in [2.24, 2.45) is 5.10 Å². The number of carbonyl (C=O) groups excluding carboxylic acids is 2. The number of nitrogens with zero attached hydrogens (tertiary/aromatic N) is 3. The van der Waals surface area contributed by atoms with E-state index >= 15 is 0 Å². The number of hydrazone groups is 1. The van der Waals surface area contributed by atoms with Gasteiger partial charge in [-0.25, -0.2) is 0 Å². The molecule has 0 spiro atoms. The summed E-state index contributed by atoms with van der Waals surface area (Å²) in [6, 6.07) is 9.67. The molecule has 0 atom stereocenters. The maximum atomic E-state index is 12.1. The Hall–Kier alpha value is -3.55. The van der Waals surface area contributed by atoms with Gasteiger partial charge in [-0.3, -0.25) is 19.7 Å². The number of hydrogen-bond donors (Lipinski definition) is 0. The molecule has 1 aliphatic rings. The Morgan fingerprint density at radius 3 is 2.22 bits per heavy atom. The summed E-state index contributed by atoms with van der Waals surface area (Å²) in [4.78, 5) is 34.1. The Labute approximate surface area is 129 Å². The fourth-order valence-corrected chi connectivity index (χ4v) is 2.16. The Kier molecular flexibility index (Phi) is 3.34. The molecular weight excluding hydrogens is 302 g/mol. The van der Waals surface area contributed by atoms with E-state index in [2.05, 4.69) is 5.10 Å². The van der Waals surface area contributed by atoms with E-state index in [0.717, 1.165) is 18.3 Å². The first-order chi connectivity index (χ1) is 11.0. The molecule has 0 aromatic heterocycles. The number of imide groups is 1. The lowest BCUT2D eigenvalue weighted by atomic mass is 10.1. The lowest BCUT2D eigenvalue weighted by molar-refractivity contribution is -0.398. The summed E-state index contributed by atoms with van der Waals surface area (Å²) in [5, 5.41) is 26.5. The largest absolute Gasteiger partial charge is 0.868 e. The molecule has 0 saturated heterocycles. The molecule has 0 saturated carbocycles. The number of rotatable bonds is 3. The lowest BCUT2D eigenvalue weighted by Gasteiger charge is -2.07. The first kappa shape index (κ1) is 14.4. The third kappa shape index (κ3) is 2.42. The van der Waals surface area contributed by atoms with Gasteiger partial charge >= 0.3 is 0 Å². The third-order valence-corrected chi connectivity index (χ3v) is 3.27. The van der Waals surface area contributed by atoms with Gasteiger partial charge in [0, 0.05) is 11.6 Å². The van der Waals surface area contributed by atoms with Crippen molar-refractivity contribution in [3.8, 4) is 5.75 Å². The molecule has 0 N–H and O–H groups in total. The van der Waals surface area contributed by atoms with Gasteiger partial charge in [0.15, 0.2) is 0 Å². The van der Waals surface area contributed by atoms with Crippen molar-refractivity contribution in [1.82, 2.24) is 5.01 Å². The smallest absolute Gasteiger partial charge is 0.282 e. The summed E-state index contributed by atoms with van der Waals surface area (Å²) in [6.07, 6.45) is 1.12. The van der Waals surface area contributed by atoms with Crippen LogP contribution in [0.3, 0.4) is 0 Å². The minimum absolute atomic E-state index is 0.229. The second-order valence-electron chi connectivity index (χ2n) is 4.70. The second-order valence-corrected chi connectivity index (χ2v) is 4.70. The number of fused-ring (bicyclic) bond motifs is 1. The summed E-state index contributed by atoms with van der Waals surface area (Å²) < 4.78 is 0. The van der Waals surface area contributed by atoms with Crippen molar-refractivity contribution in [2.75, 3.05) is 0 Å². The average molecular weight is 310 g/mol. The molecule has 0 fully saturated rings. The van der Waals surface area contributed by atoms with E-state index in [0.29, 0.717) is 5.01 Å². The Bertz CT molecular complexity index is 840. The Morgan fingerprint density at radius 2 is 1.65 bits per heavy atom. The van der Waals surface area contributed by atoms with Crippen LogP contribution < -0.4 is 5.11 Å². The monoisotopic (exact) mass is 310 g/mol. The molecule has 3 rings (SSSR count). The molecule has 1 heterocycles. The van der Waals surface area contributed by atoms with Gasteiger partial charge in [0.1, 0.15) is 0 Å². The van der Waals surface area contributed by atoms with Crippen molar-refractivity contribution in [2.45, 2.75) is 0 Å². The molecule has 0 radical (unpaired) electrons. The highest BCUT2D eigenvalue weighted by Gasteiger charge is 2.35. The molecular formula is C15H8N3O5-. The van der Waals surface area contributed by atoms with Crippen LogP contribution in [-0.4, -0.2) is 28.0 Å². The first-order valence-electron chi connectivity index (χ1n) is 6.46. The molecule has 0 aliphatic carbocycles. The van der Waals surface area contributed by atoms with Crippen LogP contribution in [0.1, 0.15) is 26.3 Å². The van der Waals surface area contributed by atoms with Gasteiger partial charge in [-0.1, -0.05) is 24.3 Å². The fraction of sp³-hybridized carbons (Fsp3) is 0. The maximum Gasteiger partial charge on any atom is 0.282 e. The van der Waals surface area contributed by atoms with Crippen LogP contribution in [0, 0.1) is 10.1 Å². The Balaban J connectivity index is 1.90. The highest BCUT2D eigenvalue weighted by atomic mass is 16.6. The van der Waals surface area contributed by atoms with Gasteiger partial charge in [0.2, 0.25) is 0 Å². The van der Waals surface area contributed by atoms with Gasteiger partial charge in [-0.05, 0) is 17.9 Å². The number of carbonyl (C=O) groups is 2. The van der Waals surface area contributed by atoms with E-state index < -0.39 is 28.2 Å². The first-order valence-corrected chi connectivity index (χ1v) is 6.46. The maximum absolute atomic E-state index is 12.1. The van der Waals surface area contributed by atoms with Crippen LogP contribution >= 0.6 is 0 Å². The van der Waals surface area contributed by atoms with Gasteiger partial charge < -0.3 is 5.11 Å². The topological polar surface area (TPSA) is 116 Å². The molecule has 2 amide bonds. The van der Waals surface area contributed by atoms with Crippen molar-refractivity contribution in [3.05, 3.63) is 69.3 Å². The zero-order valence-electron chi connectivity index (χ0n) is 11.5. The van der Waals surface area contributed by atoms with Crippen LogP contribution in [0.25, 0.3) is 0 Å². The van der Waals surface area contributed by atoms with E-state index in [4.69, 9.17) is 0 Å². The lowest BCUT2D eigenvalue weighted by Crippen LogP contribution is -2.24. The summed E-state index contributed by atoms with van der Waals surface area (Å²) in [7, 11) is 0. The van der Waals surface area contributed by atoms with Crippen molar-refractivity contribution in [3.63, 3.8) is 0 Å². The summed E-state index contributed by atoms with van der Waals surface area (Å²) in [5.74, 6) is -1.87. The standard InChI is InChI=1S/C15H9N3O5/c19-13-6-5-9(7-12(13)18(22)23)8-16-17-14(20)10-3-1-2-4-11(10)15(17)21/h1-8,19H/p-1/b16-8-. The number of nitro groups is 1. The van der Waals surface area contributed by atoms with E-state index in [9.17, 15) is 24.8 Å². The summed E-state index contributed by atoms with van der Waals surface area (Å²) >= 11 is 0. The van der Waals surface area contributed by atoms with Crippen molar-refractivity contribution >= 4 is 23.7 Å². The fourth-order valence-electron chi connectivity index (χ4n) is 2.16. The minimum Gasteiger partial charge on any atom is -0.868 e. The average Bonchev–Trinajstić information content (AvgIpc) is 2.78. The molecule has 8 nitrogen and oxygen atoms in total. The number of hydrogen-bond acceptors (Lipinski definition) is 6. The van der Waals surface area contributed by atoms with Crippen LogP contribution in [-0.2, 0) is 0 Å². The summed E-state index contributed by atoms with van der Waals surface area (Å²) in [6.45, 7) is 0. The Morgan fingerprint density at radius 1 is 1.04 bits per heavy atom. The van der Waals surface area contributed by atoms with Gasteiger partial charge in [-0.2, -0.15) is 10.1 Å². The van der Waals surface area contributed by atoms with E-state index in [1.165, 1.54) is 18.2 Å². The highest BCUT2D eigenvalue weighted by Crippen LogP contribution is 2.24. The number of amides is 2. The minimum atomic E-state index is -0.804. The van der Waals surface area contributed by atoms with Crippen molar-refractivity contribution < 1.29 is 19.6 Å². The van der Waals surface area contributed by atoms with Crippen LogP contribution in [0.4, 0.5) is 5.69 Å². The highest BCUT2D eigenvalue weighted by molar-refractivity contribution is 6.21. The van der Waals surface area contributed by atoms with Gasteiger partial charge in [-0.15, -0.1) is 0 Å². The molecule has 2 aromatic carbocycles. The van der Waals surface area contributed by atoms with E-state index in [1.54, 1.807) is 12.1 Å². The third-order valence-electron chi connectivity index (χ3n) is 3.27. The zero-order valence-corrected chi connectivity index (χ0v) is 11.5. The molecule has 8 heteroatoms. The molecule has 0 bridgehead atoms. The molecule has 114 valence electrons. The zero-order chi connectivity index (χ0) is 16.6. The van der Waals surface area contributed by atoms with Gasteiger partial charge in [0.25, 0.3) is 17.5 Å². The number of nitro benzene ring substituents is 1. The normalized spacial score (nSPS) is 13.7. The molecule has 23 heavy (non-hydrogen) atoms. The SMILES string of the molecule is O=C1c2ccccc2C(=O)N1/N=C\c1ccc([O-])c([N+](=O)[O-])c1. The summed E-state index contributed by atoms with van der Waals surface area (Å²) in [5.41, 5.74) is 0.121. The molecule has 1 aliphatic heterocycles. The van der Waals surface area contributed by atoms with E-state index in [-0.39, 0.29) is 16.7 Å².